The number of anilines is 1. The van der Waals surface area contributed by atoms with E-state index in [0.29, 0.717) is 22.7 Å². The lowest BCUT2D eigenvalue weighted by atomic mass is 10.0. The van der Waals surface area contributed by atoms with Crippen LogP contribution in [0.1, 0.15) is 29.8 Å². The van der Waals surface area contributed by atoms with Crippen LogP contribution in [0.3, 0.4) is 0 Å². The maximum atomic E-state index is 12.8. The molecule has 0 aliphatic carbocycles. The van der Waals surface area contributed by atoms with Crippen LogP contribution in [-0.2, 0) is 4.79 Å². The van der Waals surface area contributed by atoms with Gasteiger partial charge in [-0.3, -0.25) is 9.59 Å². The van der Waals surface area contributed by atoms with E-state index in [1.54, 1.807) is 44.6 Å². The number of nitrogens with one attached hydrogen (secondary N) is 2. The normalized spacial score (nSPS) is 11.6. The van der Waals surface area contributed by atoms with Gasteiger partial charge in [0.25, 0.3) is 5.91 Å². The summed E-state index contributed by atoms with van der Waals surface area (Å²) < 4.78 is 10.4. The van der Waals surface area contributed by atoms with E-state index in [1.165, 1.54) is 0 Å². The fourth-order valence-electron chi connectivity index (χ4n) is 2.63. The molecule has 0 aliphatic rings. The molecule has 0 aromatic heterocycles. The minimum Gasteiger partial charge on any atom is -0.497 e. The smallest absolute Gasteiger partial charge is 0.251 e. The third-order valence-electron chi connectivity index (χ3n) is 4.20. The van der Waals surface area contributed by atoms with Crippen molar-refractivity contribution in [2.75, 3.05) is 19.5 Å². The number of ether oxygens (including phenoxy) is 2. The molecule has 27 heavy (non-hydrogen) atoms. The highest BCUT2D eigenvalue weighted by molar-refractivity contribution is 6.01. The molecule has 6 heteroatoms. The minimum absolute atomic E-state index is 0.0944. The molecule has 2 aromatic carbocycles. The van der Waals surface area contributed by atoms with Gasteiger partial charge in [0.1, 0.15) is 17.5 Å². The van der Waals surface area contributed by atoms with Gasteiger partial charge in [-0.15, -0.1) is 0 Å². The third-order valence-corrected chi connectivity index (χ3v) is 4.20. The molecule has 0 spiro atoms. The zero-order valence-electron chi connectivity index (χ0n) is 16.3. The van der Waals surface area contributed by atoms with Gasteiger partial charge in [-0.1, -0.05) is 19.9 Å². The average molecular weight is 370 g/mol. The Morgan fingerprint density at radius 2 is 1.63 bits per heavy atom. The Morgan fingerprint density at radius 3 is 2.19 bits per heavy atom. The number of amides is 2. The lowest BCUT2D eigenvalue weighted by Gasteiger charge is -2.22. The molecular weight excluding hydrogens is 344 g/mol. The van der Waals surface area contributed by atoms with Crippen LogP contribution in [0.15, 0.2) is 42.5 Å². The minimum atomic E-state index is -0.690. The highest BCUT2D eigenvalue weighted by Crippen LogP contribution is 2.25. The largest absolute Gasteiger partial charge is 0.497 e. The summed E-state index contributed by atoms with van der Waals surface area (Å²) >= 11 is 0. The number of methoxy groups -OCH3 is 2. The molecule has 2 N–H and O–H groups in total. The van der Waals surface area contributed by atoms with E-state index in [0.717, 1.165) is 5.56 Å². The number of carbonyl (C=O) groups excluding carboxylic acids is 2. The highest BCUT2D eigenvalue weighted by Gasteiger charge is 2.25. The van der Waals surface area contributed by atoms with Gasteiger partial charge in [-0.05, 0) is 54.8 Å². The first-order chi connectivity index (χ1) is 12.8. The molecular formula is C21H26N2O4. The van der Waals surface area contributed by atoms with Gasteiger partial charge in [-0.25, -0.2) is 0 Å². The summed E-state index contributed by atoms with van der Waals surface area (Å²) in [5.74, 6) is 0.524. The lowest BCUT2D eigenvalue weighted by molar-refractivity contribution is -0.118. The molecule has 2 rings (SSSR count). The second kappa shape index (κ2) is 9.07. The van der Waals surface area contributed by atoms with Crippen LogP contribution >= 0.6 is 0 Å². The first kappa shape index (κ1) is 20.3. The van der Waals surface area contributed by atoms with Crippen molar-refractivity contribution >= 4 is 17.5 Å². The fraction of sp³-hybridized carbons (Fsp3) is 0.333. The second-order valence-corrected chi connectivity index (χ2v) is 6.62. The van der Waals surface area contributed by atoms with Gasteiger partial charge >= 0.3 is 0 Å². The quantitative estimate of drug-likeness (QED) is 0.783. The fourth-order valence-corrected chi connectivity index (χ4v) is 2.63. The molecule has 0 fully saturated rings. The standard InChI is InChI=1S/C21H26N2O4/c1-13(2)19(23-20(24)15-7-9-16(26-4)10-8-15)21(25)22-17-12-14(3)6-11-18(17)27-5/h6-13,19H,1-5H3,(H,22,25)(H,23,24)/t19-/m1/s1. The summed E-state index contributed by atoms with van der Waals surface area (Å²) in [6.45, 7) is 5.69. The van der Waals surface area contributed by atoms with Crippen LogP contribution < -0.4 is 20.1 Å². The summed E-state index contributed by atoms with van der Waals surface area (Å²) in [4.78, 5) is 25.3. The molecule has 0 bridgehead atoms. The first-order valence-corrected chi connectivity index (χ1v) is 8.76. The number of hydrogen-bond acceptors (Lipinski definition) is 4. The summed E-state index contributed by atoms with van der Waals surface area (Å²) in [5, 5.41) is 5.67. The Balaban J connectivity index is 2.15. The van der Waals surface area contributed by atoms with Crippen molar-refractivity contribution in [1.29, 1.82) is 0 Å². The molecule has 0 aliphatic heterocycles. The van der Waals surface area contributed by atoms with Gasteiger partial charge < -0.3 is 20.1 Å². The van der Waals surface area contributed by atoms with Crippen LogP contribution in [0.2, 0.25) is 0 Å². The van der Waals surface area contributed by atoms with Crippen molar-refractivity contribution in [3.8, 4) is 11.5 Å². The Hall–Kier alpha value is -3.02. The van der Waals surface area contributed by atoms with Crippen molar-refractivity contribution in [3.05, 3.63) is 53.6 Å². The predicted molar refractivity (Wildman–Crippen MR) is 105 cm³/mol. The van der Waals surface area contributed by atoms with E-state index in [4.69, 9.17) is 9.47 Å². The maximum Gasteiger partial charge on any atom is 0.251 e. The van der Waals surface area contributed by atoms with Gasteiger partial charge in [0.05, 0.1) is 19.9 Å². The molecule has 144 valence electrons. The van der Waals surface area contributed by atoms with Crippen molar-refractivity contribution in [3.63, 3.8) is 0 Å². The van der Waals surface area contributed by atoms with Gasteiger partial charge in [-0.2, -0.15) is 0 Å². The highest BCUT2D eigenvalue weighted by atomic mass is 16.5. The topological polar surface area (TPSA) is 76.7 Å². The van der Waals surface area contributed by atoms with Crippen molar-refractivity contribution in [2.45, 2.75) is 26.8 Å². The maximum absolute atomic E-state index is 12.8. The molecule has 0 radical (unpaired) electrons. The van der Waals surface area contributed by atoms with Crippen molar-refractivity contribution in [1.82, 2.24) is 5.32 Å². The van der Waals surface area contributed by atoms with E-state index in [9.17, 15) is 9.59 Å². The molecule has 0 saturated heterocycles. The van der Waals surface area contributed by atoms with Crippen LogP contribution in [0.25, 0.3) is 0 Å². The Bertz CT molecular complexity index is 800. The van der Waals surface area contributed by atoms with Crippen LogP contribution in [0.4, 0.5) is 5.69 Å². The molecule has 1 atom stereocenters. The summed E-state index contributed by atoms with van der Waals surface area (Å²) in [6, 6.07) is 11.6. The second-order valence-electron chi connectivity index (χ2n) is 6.62. The average Bonchev–Trinajstić information content (AvgIpc) is 2.65. The first-order valence-electron chi connectivity index (χ1n) is 8.76. The third kappa shape index (κ3) is 5.23. The molecule has 6 nitrogen and oxygen atoms in total. The summed E-state index contributed by atoms with van der Waals surface area (Å²) in [5.41, 5.74) is 2.03. The number of carbonyl (C=O) groups is 2. The zero-order chi connectivity index (χ0) is 20.0. The molecule has 0 saturated carbocycles. The van der Waals surface area contributed by atoms with E-state index in [2.05, 4.69) is 10.6 Å². The molecule has 0 unspecified atom stereocenters. The number of benzene rings is 2. The van der Waals surface area contributed by atoms with Gasteiger partial charge in [0.2, 0.25) is 5.91 Å². The molecule has 2 amide bonds. The number of rotatable bonds is 7. The predicted octanol–water partition coefficient (Wildman–Crippen LogP) is 3.41. The van der Waals surface area contributed by atoms with Crippen molar-refractivity contribution in [2.24, 2.45) is 5.92 Å². The van der Waals surface area contributed by atoms with Crippen LogP contribution in [0.5, 0.6) is 11.5 Å². The van der Waals surface area contributed by atoms with Crippen molar-refractivity contribution < 1.29 is 19.1 Å². The molecule has 2 aromatic rings. The SMILES string of the molecule is COc1ccc(C(=O)N[C@@H](C(=O)Nc2cc(C)ccc2OC)C(C)C)cc1. The Labute approximate surface area is 159 Å². The van der Waals surface area contributed by atoms with Crippen LogP contribution in [0, 0.1) is 12.8 Å². The van der Waals surface area contributed by atoms with Gasteiger partial charge in [0, 0.05) is 5.56 Å². The summed E-state index contributed by atoms with van der Waals surface area (Å²) in [7, 11) is 3.11. The van der Waals surface area contributed by atoms with E-state index in [1.807, 2.05) is 32.9 Å². The van der Waals surface area contributed by atoms with Crippen LogP contribution in [-0.4, -0.2) is 32.1 Å². The zero-order valence-corrected chi connectivity index (χ0v) is 16.3. The molecule has 0 heterocycles. The van der Waals surface area contributed by atoms with E-state index in [-0.39, 0.29) is 17.7 Å². The monoisotopic (exact) mass is 370 g/mol. The Morgan fingerprint density at radius 1 is 0.963 bits per heavy atom. The summed E-state index contributed by atoms with van der Waals surface area (Å²) in [6.07, 6.45) is 0. The number of aryl methyl sites for hydroxylation is 1. The number of hydrogen-bond donors (Lipinski definition) is 2. The lowest BCUT2D eigenvalue weighted by Crippen LogP contribution is -2.47. The Kier molecular flexibility index (Phi) is 6.82. The van der Waals surface area contributed by atoms with E-state index < -0.39 is 6.04 Å². The van der Waals surface area contributed by atoms with E-state index >= 15 is 0 Å². The van der Waals surface area contributed by atoms with Gasteiger partial charge in [0.15, 0.2) is 0 Å².